The molecule has 2 aromatic rings. The molecule has 0 atom stereocenters. The van der Waals surface area contributed by atoms with Crippen molar-refractivity contribution < 1.29 is 9.53 Å². The van der Waals surface area contributed by atoms with Gasteiger partial charge in [0.2, 0.25) is 0 Å². The maximum absolute atomic E-state index is 11.7. The van der Waals surface area contributed by atoms with Crippen molar-refractivity contribution in [2.45, 2.75) is 10.6 Å². The largest absolute Gasteiger partial charge is 0.465 e. The van der Waals surface area contributed by atoms with Crippen LogP contribution >= 0.6 is 11.8 Å². The van der Waals surface area contributed by atoms with Crippen molar-refractivity contribution in [2.24, 2.45) is 0 Å². The minimum atomic E-state index is -0.346. The first-order chi connectivity index (χ1) is 9.76. The van der Waals surface area contributed by atoms with E-state index in [0.717, 1.165) is 10.5 Å². The minimum absolute atomic E-state index is 0.346. The van der Waals surface area contributed by atoms with Gasteiger partial charge in [-0.3, -0.25) is 0 Å². The quantitative estimate of drug-likeness (QED) is 0.635. The summed E-state index contributed by atoms with van der Waals surface area (Å²) in [5.41, 5.74) is 2.17. The molecule has 0 aliphatic carbocycles. The van der Waals surface area contributed by atoms with Gasteiger partial charge in [0.05, 0.1) is 24.3 Å². The number of benzene rings is 2. The molecular formula is C16H13NO2S. The first-order valence-corrected chi connectivity index (χ1v) is 7.03. The first-order valence-electron chi connectivity index (χ1n) is 6.04. The van der Waals surface area contributed by atoms with Gasteiger partial charge in [-0.1, -0.05) is 30.3 Å². The maximum Gasteiger partial charge on any atom is 0.338 e. The third-order valence-corrected chi connectivity index (χ3v) is 3.94. The van der Waals surface area contributed by atoms with Crippen LogP contribution < -0.4 is 0 Å². The van der Waals surface area contributed by atoms with Gasteiger partial charge in [-0.05, 0) is 23.8 Å². The molecule has 0 N–H and O–H groups in total. The summed E-state index contributed by atoms with van der Waals surface area (Å²) >= 11 is 1.52. The van der Waals surface area contributed by atoms with Crippen molar-refractivity contribution in [3.05, 3.63) is 65.2 Å². The highest BCUT2D eigenvalue weighted by Gasteiger charge is 2.12. The average molecular weight is 283 g/mol. The molecule has 0 spiro atoms. The van der Waals surface area contributed by atoms with Crippen molar-refractivity contribution in [3.8, 4) is 6.07 Å². The number of rotatable bonds is 4. The van der Waals surface area contributed by atoms with Crippen LogP contribution in [0.15, 0.2) is 53.4 Å². The fraction of sp³-hybridized carbons (Fsp3) is 0.125. The van der Waals surface area contributed by atoms with E-state index in [1.54, 1.807) is 18.2 Å². The predicted molar refractivity (Wildman–Crippen MR) is 78.5 cm³/mol. The second-order valence-electron chi connectivity index (χ2n) is 4.05. The van der Waals surface area contributed by atoms with Gasteiger partial charge in [0.15, 0.2) is 0 Å². The summed E-state index contributed by atoms with van der Waals surface area (Å²) in [5, 5.41) is 9.06. The molecule has 0 bridgehead atoms. The van der Waals surface area contributed by atoms with E-state index in [1.807, 2.05) is 30.3 Å². The number of methoxy groups -OCH3 is 1. The molecule has 0 aromatic heterocycles. The number of hydrogen-bond donors (Lipinski definition) is 0. The van der Waals surface area contributed by atoms with Gasteiger partial charge in [0, 0.05) is 10.6 Å². The topological polar surface area (TPSA) is 50.1 Å². The highest BCUT2D eigenvalue weighted by atomic mass is 32.2. The smallest absolute Gasteiger partial charge is 0.338 e. The Labute approximate surface area is 122 Å². The molecule has 0 heterocycles. The summed E-state index contributed by atoms with van der Waals surface area (Å²) in [6.45, 7) is 0. The summed E-state index contributed by atoms with van der Waals surface area (Å²) in [6, 6.07) is 16.9. The highest BCUT2D eigenvalue weighted by Crippen LogP contribution is 2.27. The van der Waals surface area contributed by atoms with Crippen LogP contribution in [0.1, 0.15) is 21.5 Å². The third kappa shape index (κ3) is 3.19. The Balaban J connectivity index is 2.20. The summed E-state index contributed by atoms with van der Waals surface area (Å²) in [6.07, 6.45) is 0. The molecule has 0 aliphatic rings. The zero-order valence-electron chi connectivity index (χ0n) is 11.0. The predicted octanol–water partition coefficient (Wildman–Crippen LogP) is 3.64. The van der Waals surface area contributed by atoms with E-state index in [-0.39, 0.29) is 5.97 Å². The van der Waals surface area contributed by atoms with E-state index in [4.69, 9.17) is 10.00 Å². The molecule has 0 radical (unpaired) electrons. The average Bonchev–Trinajstić information content (AvgIpc) is 2.52. The molecule has 0 fully saturated rings. The number of hydrogen-bond acceptors (Lipinski definition) is 4. The zero-order valence-corrected chi connectivity index (χ0v) is 11.8. The van der Waals surface area contributed by atoms with Gasteiger partial charge < -0.3 is 4.74 Å². The van der Waals surface area contributed by atoms with Crippen molar-refractivity contribution in [2.75, 3.05) is 7.11 Å². The monoisotopic (exact) mass is 283 g/mol. The Morgan fingerprint density at radius 2 is 1.90 bits per heavy atom. The van der Waals surface area contributed by atoms with E-state index in [1.165, 1.54) is 18.9 Å². The molecule has 0 unspecified atom stereocenters. The highest BCUT2D eigenvalue weighted by molar-refractivity contribution is 7.98. The number of carbonyl (C=O) groups excluding carboxylic acids is 1. The van der Waals surface area contributed by atoms with Crippen LogP contribution in [0.2, 0.25) is 0 Å². The molecule has 2 rings (SSSR count). The Morgan fingerprint density at radius 1 is 1.20 bits per heavy atom. The molecular weight excluding hydrogens is 270 g/mol. The van der Waals surface area contributed by atoms with Gasteiger partial charge in [0.1, 0.15) is 0 Å². The summed E-state index contributed by atoms with van der Waals surface area (Å²) < 4.78 is 4.77. The second-order valence-corrected chi connectivity index (χ2v) is 5.06. The van der Waals surface area contributed by atoms with Crippen molar-refractivity contribution >= 4 is 17.7 Å². The lowest BCUT2D eigenvalue weighted by molar-refractivity contribution is 0.0597. The van der Waals surface area contributed by atoms with E-state index in [9.17, 15) is 4.79 Å². The molecule has 0 saturated heterocycles. The summed E-state index contributed by atoms with van der Waals surface area (Å²) in [7, 11) is 1.37. The van der Waals surface area contributed by atoms with E-state index < -0.39 is 0 Å². The van der Waals surface area contributed by atoms with Gasteiger partial charge in [-0.2, -0.15) is 5.26 Å². The van der Waals surface area contributed by atoms with Crippen molar-refractivity contribution in [1.82, 2.24) is 0 Å². The van der Waals surface area contributed by atoms with Crippen LogP contribution in [0, 0.1) is 11.3 Å². The molecule has 100 valence electrons. The molecule has 2 aromatic carbocycles. The van der Waals surface area contributed by atoms with Gasteiger partial charge in [-0.15, -0.1) is 11.8 Å². The normalized spacial score (nSPS) is 9.80. The van der Waals surface area contributed by atoms with Crippen LogP contribution in [-0.4, -0.2) is 13.1 Å². The zero-order chi connectivity index (χ0) is 14.4. The Hall–Kier alpha value is -2.25. The lowest BCUT2D eigenvalue weighted by Crippen LogP contribution is -2.02. The standard InChI is InChI=1S/C16H13NO2S/c1-19-16(18)14-8-4-5-9-15(14)20-11-13-7-3-2-6-12(13)10-17/h2-9H,11H2,1H3. The third-order valence-electron chi connectivity index (χ3n) is 2.81. The van der Waals surface area contributed by atoms with Crippen LogP contribution in [0.25, 0.3) is 0 Å². The summed E-state index contributed by atoms with van der Waals surface area (Å²) in [5.74, 6) is 0.291. The first kappa shape index (κ1) is 14.2. The number of esters is 1. The lowest BCUT2D eigenvalue weighted by atomic mass is 10.1. The van der Waals surface area contributed by atoms with Crippen LogP contribution in [0.3, 0.4) is 0 Å². The van der Waals surface area contributed by atoms with E-state index in [2.05, 4.69) is 6.07 Å². The summed E-state index contributed by atoms with van der Waals surface area (Å²) in [4.78, 5) is 12.5. The second kappa shape index (κ2) is 6.78. The number of thioether (sulfide) groups is 1. The number of carbonyl (C=O) groups is 1. The molecule has 0 aliphatic heterocycles. The van der Waals surface area contributed by atoms with Crippen molar-refractivity contribution in [1.29, 1.82) is 5.26 Å². The lowest BCUT2D eigenvalue weighted by Gasteiger charge is -2.08. The van der Waals surface area contributed by atoms with Gasteiger partial charge in [-0.25, -0.2) is 4.79 Å². The van der Waals surface area contributed by atoms with Gasteiger partial charge in [0.25, 0.3) is 0 Å². The number of nitriles is 1. The van der Waals surface area contributed by atoms with E-state index in [0.29, 0.717) is 16.9 Å². The molecule has 4 heteroatoms. The molecule has 3 nitrogen and oxygen atoms in total. The maximum atomic E-state index is 11.7. The Bertz CT molecular complexity index is 662. The van der Waals surface area contributed by atoms with Crippen LogP contribution in [-0.2, 0) is 10.5 Å². The van der Waals surface area contributed by atoms with Crippen LogP contribution in [0.5, 0.6) is 0 Å². The number of ether oxygens (including phenoxy) is 1. The Kier molecular flexibility index (Phi) is 4.80. The van der Waals surface area contributed by atoms with E-state index >= 15 is 0 Å². The molecule has 0 saturated carbocycles. The molecule has 20 heavy (non-hydrogen) atoms. The van der Waals surface area contributed by atoms with Crippen molar-refractivity contribution in [3.63, 3.8) is 0 Å². The van der Waals surface area contributed by atoms with Gasteiger partial charge >= 0.3 is 5.97 Å². The SMILES string of the molecule is COC(=O)c1ccccc1SCc1ccccc1C#N. The number of nitrogens with zero attached hydrogens (tertiary/aromatic N) is 1. The minimum Gasteiger partial charge on any atom is -0.465 e. The molecule has 0 amide bonds. The fourth-order valence-corrected chi connectivity index (χ4v) is 2.83. The fourth-order valence-electron chi connectivity index (χ4n) is 1.78. The Morgan fingerprint density at radius 3 is 2.65 bits per heavy atom. The van der Waals surface area contributed by atoms with Crippen LogP contribution in [0.4, 0.5) is 0 Å².